The van der Waals surface area contributed by atoms with E-state index in [1.54, 1.807) is 12.1 Å². The van der Waals surface area contributed by atoms with Crippen LogP contribution in [0.2, 0.25) is 5.02 Å². The summed E-state index contributed by atoms with van der Waals surface area (Å²) in [6.07, 6.45) is 0. The normalized spacial score (nSPS) is 12.4. The van der Waals surface area contributed by atoms with E-state index in [0.717, 1.165) is 21.7 Å². The number of hydrogen-bond donors (Lipinski definition) is 1. The Balaban J connectivity index is 2.38. The Labute approximate surface area is 112 Å². The van der Waals surface area contributed by atoms with Gasteiger partial charge in [-0.05, 0) is 48.9 Å². The van der Waals surface area contributed by atoms with Gasteiger partial charge in [0.2, 0.25) is 0 Å². The molecular weight excluding hydrogens is 249 g/mol. The Morgan fingerprint density at radius 3 is 2.22 bits per heavy atom. The number of hydrogen-bond acceptors (Lipinski definition) is 1. The molecule has 3 heteroatoms. The highest BCUT2D eigenvalue weighted by molar-refractivity contribution is 6.31. The van der Waals surface area contributed by atoms with Crippen LogP contribution in [0.25, 0.3) is 0 Å². The lowest BCUT2D eigenvalue weighted by Crippen LogP contribution is -2.17. The van der Waals surface area contributed by atoms with Gasteiger partial charge in [-0.2, -0.15) is 0 Å². The van der Waals surface area contributed by atoms with Gasteiger partial charge in [0, 0.05) is 5.02 Å². The van der Waals surface area contributed by atoms with Crippen LogP contribution in [-0.2, 0) is 0 Å². The molecule has 2 aromatic rings. The molecule has 0 saturated carbocycles. The highest BCUT2D eigenvalue weighted by atomic mass is 35.5. The zero-order valence-electron chi connectivity index (χ0n) is 10.4. The fourth-order valence-corrected chi connectivity index (χ4v) is 2.16. The second-order valence-electron chi connectivity index (χ2n) is 4.28. The Morgan fingerprint density at radius 2 is 1.67 bits per heavy atom. The Kier molecular flexibility index (Phi) is 4.00. The van der Waals surface area contributed by atoms with E-state index in [-0.39, 0.29) is 11.9 Å². The molecule has 0 fully saturated rings. The number of nitrogens with one attached hydrogen (secondary N) is 1. The molecule has 1 unspecified atom stereocenters. The van der Waals surface area contributed by atoms with Crippen molar-refractivity contribution in [2.24, 2.45) is 0 Å². The van der Waals surface area contributed by atoms with E-state index in [1.165, 1.54) is 12.1 Å². The van der Waals surface area contributed by atoms with Crippen molar-refractivity contribution < 1.29 is 4.39 Å². The largest absolute Gasteiger partial charge is 0.309 e. The minimum atomic E-state index is -0.226. The van der Waals surface area contributed by atoms with Gasteiger partial charge in [-0.3, -0.25) is 0 Å². The highest BCUT2D eigenvalue weighted by Crippen LogP contribution is 2.26. The third-order valence-electron chi connectivity index (χ3n) is 3.02. The molecule has 94 valence electrons. The van der Waals surface area contributed by atoms with Crippen LogP contribution in [0.1, 0.15) is 22.7 Å². The summed E-state index contributed by atoms with van der Waals surface area (Å²) in [5, 5.41) is 3.96. The maximum atomic E-state index is 12.9. The summed E-state index contributed by atoms with van der Waals surface area (Å²) in [5.74, 6) is -0.226. The monoisotopic (exact) mass is 263 g/mol. The van der Waals surface area contributed by atoms with Crippen LogP contribution in [0.5, 0.6) is 0 Å². The van der Waals surface area contributed by atoms with E-state index in [0.29, 0.717) is 0 Å². The average Bonchev–Trinajstić information content (AvgIpc) is 2.37. The predicted octanol–water partition coefficient (Wildman–Crippen LogP) is 4.10. The fourth-order valence-electron chi connectivity index (χ4n) is 1.97. The van der Waals surface area contributed by atoms with E-state index in [4.69, 9.17) is 11.6 Å². The van der Waals surface area contributed by atoms with Crippen LogP contribution in [0, 0.1) is 12.7 Å². The molecular formula is C15H15ClFN. The lowest BCUT2D eigenvalue weighted by molar-refractivity contribution is 0.623. The molecule has 2 rings (SSSR count). The van der Waals surface area contributed by atoms with Crippen molar-refractivity contribution in [3.8, 4) is 0 Å². The van der Waals surface area contributed by atoms with Crippen LogP contribution in [0.4, 0.5) is 4.39 Å². The lowest BCUT2D eigenvalue weighted by Gasteiger charge is -2.18. The van der Waals surface area contributed by atoms with Gasteiger partial charge in [0.25, 0.3) is 0 Å². The topological polar surface area (TPSA) is 12.0 Å². The number of halogens is 2. The van der Waals surface area contributed by atoms with E-state index < -0.39 is 0 Å². The quantitative estimate of drug-likeness (QED) is 0.879. The molecule has 18 heavy (non-hydrogen) atoms. The molecule has 0 heterocycles. The van der Waals surface area contributed by atoms with Crippen LogP contribution >= 0.6 is 11.6 Å². The molecule has 0 saturated heterocycles. The molecule has 0 aliphatic carbocycles. The van der Waals surface area contributed by atoms with Crippen LogP contribution in [-0.4, -0.2) is 7.05 Å². The molecule has 1 atom stereocenters. The third-order valence-corrected chi connectivity index (χ3v) is 3.43. The molecule has 2 aromatic carbocycles. The molecule has 0 amide bonds. The van der Waals surface area contributed by atoms with Gasteiger partial charge in [0.15, 0.2) is 0 Å². The van der Waals surface area contributed by atoms with Gasteiger partial charge >= 0.3 is 0 Å². The summed E-state index contributed by atoms with van der Waals surface area (Å²) in [6.45, 7) is 1.97. The van der Waals surface area contributed by atoms with Crippen LogP contribution in [0.15, 0.2) is 42.5 Å². The maximum Gasteiger partial charge on any atom is 0.123 e. The minimum Gasteiger partial charge on any atom is -0.309 e. The van der Waals surface area contributed by atoms with E-state index in [2.05, 4.69) is 5.32 Å². The average molecular weight is 264 g/mol. The van der Waals surface area contributed by atoms with Crippen molar-refractivity contribution >= 4 is 11.6 Å². The third kappa shape index (κ3) is 2.71. The summed E-state index contributed by atoms with van der Waals surface area (Å²) in [6, 6.07) is 12.5. The molecule has 0 aliphatic rings. The van der Waals surface area contributed by atoms with Gasteiger partial charge < -0.3 is 5.32 Å². The van der Waals surface area contributed by atoms with E-state index >= 15 is 0 Å². The molecule has 0 radical (unpaired) electrons. The van der Waals surface area contributed by atoms with Crippen LogP contribution < -0.4 is 5.32 Å². The fraction of sp³-hybridized carbons (Fsp3) is 0.200. The van der Waals surface area contributed by atoms with Crippen molar-refractivity contribution in [3.63, 3.8) is 0 Å². The number of rotatable bonds is 3. The van der Waals surface area contributed by atoms with Crippen molar-refractivity contribution in [2.45, 2.75) is 13.0 Å². The first kappa shape index (κ1) is 13.1. The second-order valence-corrected chi connectivity index (χ2v) is 4.69. The summed E-state index contributed by atoms with van der Waals surface area (Å²) in [5.41, 5.74) is 3.13. The summed E-state index contributed by atoms with van der Waals surface area (Å²) >= 11 is 6.14. The first-order chi connectivity index (χ1) is 8.61. The predicted molar refractivity (Wildman–Crippen MR) is 73.5 cm³/mol. The van der Waals surface area contributed by atoms with Crippen molar-refractivity contribution in [1.29, 1.82) is 0 Å². The summed E-state index contributed by atoms with van der Waals surface area (Å²) in [4.78, 5) is 0. The maximum absolute atomic E-state index is 12.9. The zero-order chi connectivity index (χ0) is 13.1. The Hall–Kier alpha value is -1.38. The summed E-state index contributed by atoms with van der Waals surface area (Å²) < 4.78 is 12.9. The molecule has 1 N–H and O–H groups in total. The van der Waals surface area contributed by atoms with Gasteiger partial charge in [-0.25, -0.2) is 4.39 Å². The van der Waals surface area contributed by atoms with Crippen LogP contribution in [0.3, 0.4) is 0 Å². The van der Waals surface area contributed by atoms with Gasteiger partial charge in [-0.1, -0.05) is 35.9 Å². The highest BCUT2D eigenvalue weighted by Gasteiger charge is 2.12. The summed E-state index contributed by atoms with van der Waals surface area (Å²) in [7, 11) is 1.88. The number of benzene rings is 2. The van der Waals surface area contributed by atoms with Gasteiger partial charge in [0.1, 0.15) is 5.82 Å². The van der Waals surface area contributed by atoms with E-state index in [9.17, 15) is 4.39 Å². The molecule has 0 bridgehead atoms. The second kappa shape index (κ2) is 5.51. The van der Waals surface area contributed by atoms with Crippen molar-refractivity contribution in [2.75, 3.05) is 7.05 Å². The van der Waals surface area contributed by atoms with E-state index in [1.807, 2.05) is 32.2 Å². The molecule has 0 aromatic heterocycles. The minimum absolute atomic E-state index is 0.0173. The van der Waals surface area contributed by atoms with Crippen molar-refractivity contribution in [3.05, 3.63) is 70.0 Å². The lowest BCUT2D eigenvalue weighted by atomic mass is 9.98. The Morgan fingerprint density at radius 1 is 1.06 bits per heavy atom. The first-order valence-electron chi connectivity index (χ1n) is 5.80. The molecule has 0 spiro atoms. The first-order valence-corrected chi connectivity index (χ1v) is 6.18. The SMILES string of the molecule is CNC(c1ccc(F)cc1)c1ccc(C)c(Cl)c1. The van der Waals surface area contributed by atoms with Gasteiger partial charge in [-0.15, -0.1) is 0 Å². The smallest absolute Gasteiger partial charge is 0.123 e. The standard InChI is InChI=1S/C15H15ClFN/c1-10-3-4-12(9-14(10)16)15(18-2)11-5-7-13(17)8-6-11/h3-9,15,18H,1-2H3. The zero-order valence-corrected chi connectivity index (χ0v) is 11.1. The van der Waals surface area contributed by atoms with Crippen molar-refractivity contribution in [1.82, 2.24) is 5.32 Å². The molecule has 0 aliphatic heterocycles. The number of aryl methyl sites for hydroxylation is 1. The van der Waals surface area contributed by atoms with Gasteiger partial charge in [0.05, 0.1) is 6.04 Å². The molecule has 1 nitrogen and oxygen atoms in total. The Bertz CT molecular complexity index is 537.